The van der Waals surface area contributed by atoms with E-state index in [4.69, 9.17) is 0 Å². The van der Waals surface area contributed by atoms with Crippen LogP contribution in [0.3, 0.4) is 0 Å². The van der Waals surface area contributed by atoms with Gasteiger partial charge in [-0.15, -0.1) is 0 Å². The van der Waals surface area contributed by atoms with Crippen molar-refractivity contribution in [2.45, 2.75) is 58.8 Å². The maximum absolute atomic E-state index is 12.3. The molecular formula is C19H26O2. The molecule has 0 aromatic carbocycles. The summed E-state index contributed by atoms with van der Waals surface area (Å²) < 4.78 is 0. The number of rotatable bonds is 0. The Kier molecular flexibility index (Phi) is 2.81. The van der Waals surface area contributed by atoms with Gasteiger partial charge < -0.3 is 0 Å². The average molecular weight is 286 g/mol. The number of fused-ring (bicyclic) bond motifs is 5. The van der Waals surface area contributed by atoms with E-state index < -0.39 is 0 Å². The zero-order chi connectivity index (χ0) is 14.8. The van der Waals surface area contributed by atoms with Gasteiger partial charge in [0.2, 0.25) is 5.78 Å². The summed E-state index contributed by atoms with van der Waals surface area (Å²) in [5.41, 5.74) is -0.0169. The fourth-order valence-electron chi connectivity index (χ4n) is 6.41. The van der Waals surface area contributed by atoms with Crippen molar-refractivity contribution in [2.24, 2.45) is 34.5 Å². The lowest BCUT2D eigenvalue weighted by atomic mass is 9.46. The Hall–Kier alpha value is -0.920. The van der Waals surface area contributed by atoms with Crippen molar-refractivity contribution < 1.29 is 9.59 Å². The standard InChI is InChI=1S/C19H26O2/c1-18-9-4-3-5-12(18)6-7-13-14(18)8-10-19(2)15(13)11-16(20)17(19)21/h4,9,12-15H,3,5-8,10-11H2,1-2H3/t12?,13-,14+,15+,18+,19+/m1/s1. The first-order chi connectivity index (χ1) is 9.97. The second-order valence-electron chi connectivity index (χ2n) is 8.41. The van der Waals surface area contributed by atoms with E-state index in [-0.39, 0.29) is 17.0 Å². The second kappa shape index (κ2) is 4.30. The molecule has 4 aliphatic rings. The van der Waals surface area contributed by atoms with Crippen molar-refractivity contribution >= 4 is 11.6 Å². The van der Waals surface area contributed by atoms with Gasteiger partial charge in [-0.1, -0.05) is 26.0 Å². The lowest BCUT2D eigenvalue weighted by Crippen LogP contribution is -2.51. The van der Waals surface area contributed by atoms with Crippen molar-refractivity contribution in [3.05, 3.63) is 12.2 Å². The molecule has 0 radical (unpaired) electrons. The number of Topliss-reactive ketones (excluding diaryl/α,β-unsaturated/α-hetero) is 2. The van der Waals surface area contributed by atoms with E-state index in [1.807, 2.05) is 0 Å². The van der Waals surface area contributed by atoms with Gasteiger partial charge in [0.05, 0.1) is 0 Å². The summed E-state index contributed by atoms with van der Waals surface area (Å²) >= 11 is 0. The first-order valence-corrected chi connectivity index (χ1v) is 8.72. The van der Waals surface area contributed by atoms with Crippen LogP contribution in [0.25, 0.3) is 0 Å². The third-order valence-corrected chi connectivity index (χ3v) is 7.69. The Morgan fingerprint density at radius 1 is 1.05 bits per heavy atom. The molecule has 0 aliphatic heterocycles. The fourth-order valence-corrected chi connectivity index (χ4v) is 6.41. The van der Waals surface area contributed by atoms with E-state index in [1.165, 1.54) is 25.7 Å². The summed E-state index contributed by atoms with van der Waals surface area (Å²) in [5.74, 6) is 2.27. The molecule has 0 heterocycles. The van der Waals surface area contributed by atoms with Crippen LogP contribution < -0.4 is 0 Å². The SMILES string of the molecule is C[C@]12C=CCCC1CC[C@@H]1[C@@H]2CC[C@]2(C)C(=O)C(=O)C[C@@H]12. The van der Waals surface area contributed by atoms with Crippen LogP contribution in [0.4, 0.5) is 0 Å². The molecule has 2 heteroatoms. The minimum Gasteiger partial charge on any atom is -0.291 e. The number of carbonyl (C=O) groups excluding carboxylic acids is 2. The molecule has 114 valence electrons. The highest BCUT2D eigenvalue weighted by Gasteiger charge is 2.61. The molecule has 0 aromatic heterocycles. The van der Waals surface area contributed by atoms with Crippen LogP contribution in [0, 0.1) is 34.5 Å². The van der Waals surface area contributed by atoms with Crippen LogP contribution >= 0.6 is 0 Å². The molecule has 3 fully saturated rings. The monoisotopic (exact) mass is 286 g/mol. The molecule has 0 N–H and O–H groups in total. The number of hydrogen-bond acceptors (Lipinski definition) is 2. The first-order valence-electron chi connectivity index (χ1n) is 8.72. The van der Waals surface area contributed by atoms with Gasteiger partial charge >= 0.3 is 0 Å². The highest BCUT2D eigenvalue weighted by molar-refractivity contribution is 6.41. The predicted octanol–water partition coefficient (Wildman–Crippen LogP) is 3.94. The number of carbonyl (C=O) groups is 2. The maximum Gasteiger partial charge on any atom is 0.204 e. The van der Waals surface area contributed by atoms with Crippen molar-refractivity contribution in [2.75, 3.05) is 0 Å². The molecular weight excluding hydrogens is 260 g/mol. The van der Waals surface area contributed by atoms with Gasteiger partial charge in [0.1, 0.15) is 0 Å². The Morgan fingerprint density at radius 3 is 2.67 bits per heavy atom. The zero-order valence-electron chi connectivity index (χ0n) is 13.2. The maximum atomic E-state index is 12.3. The molecule has 2 nitrogen and oxygen atoms in total. The van der Waals surface area contributed by atoms with Crippen LogP contribution in [-0.4, -0.2) is 11.6 Å². The lowest BCUT2D eigenvalue weighted by Gasteiger charge is -2.57. The van der Waals surface area contributed by atoms with E-state index in [0.29, 0.717) is 29.6 Å². The topological polar surface area (TPSA) is 34.1 Å². The van der Waals surface area contributed by atoms with E-state index in [2.05, 4.69) is 26.0 Å². The molecule has 0 spiro atoms. The predicted molar refractivity (Wildman–Crippen MR) is 81.6 cm³/mol. The van der Waals surface area contributed by atoms with Gasteiger partial charge in [-0.3, -0.25) is 9.59 Å². The van der Waals surface area contributed by atoms with Crippen LogP contribution in [0.1, 0.15) is 58.8 Å². The van der Waals surface area contributed by atoms with Gasteiger partial charge in [-0.2, -0.15) is 0 Å². The first kappa shape index (κ1) is 13.7. The molecule has 4 rings (SSSR count). The number of allylic oxidation sites excluding steroid dienone is 2. The average Bonchev–Trinajstić information content (AvgIpc) is 2.70. The van der Waals surface area contributed by atoms with Crippen molar-refractivity contribution in [3.63, 3.8) is 0 Å². The smallest absolute Gasteiger partial charge is 0.204 e. The lowest BCUT2D eigenvalue weighted by molar-refractivity contribution is -0.141. The van der Waals surface area contributed by atoms with Crippen LogP contribution in [-0.2, 0) is 9.59 Å². The Labute approximate surface area is 127 Å². The molecule has 0 bridgehead atoms. The fraction of sp³-hybridized carbons (Fsp3) is 0.789. The molecule has 1 unspecified atom stereocenters. The molecule has 6 atom stereocenters. The Morgan fingerprint density at radius 2 is 1.86 bits per heavy atom. The van der Waals surface area contributed by atoms with Gasteiger partial charge in [0, 0.05) is 11.8 Å². The highest BCUT2D eigenvalue weighted by atomic mass is 16.2. The molecule has 0 amide bonds. The quantitative estimate of drug-likeness (QED) is 0.499. The number of hydrogen-bond donors (Lipinski definition) is 0. The summed E-state index contributed by atoms with van der Waals surface area (Å²) in [4.78, 5) is 24.4. The Bertz CT molecular complexity index is 534. The summed E-state index contributed by atoms with van der Waals surface area (Å²) in [6, 6.07) is 0. The third-order valence-electron chi connectivity index (χ3n) is 7.69. The van der Waals surface area contributed by atoms with Crippen LogP contribution in [0.5, 0.6) is 0 Å². The summed E-state index contributed by atoms with van der Waals surface area (Å²) in [5, 5.41) is 0. The largest absolute Gasteiger partial charge is 0.291 e. The van der Waals surface area contributed by atoms with E-state index in [1.54, 1.807) is 0 Å². The second-order valence-corrected chi connectivity index (χ2v) is 8.41. The van der Waals surface area contributed by atoms with Crippen LogP contribution in [0.2, 0.25) is 0 Å². The highest BCUT2D eigenvalue weighted by Crippen LogP contribution is 2.63. The van der Waals surface area contributed by atoms with Crippen molar-refractivity contribution in [1.29, 1.82) is 0 Å². The summed E-state index contributed by atoms with van der Waals surface area (Å²) in [6.07, 6.45) is 12.5. The molecule has 3 saturated carbocycles. The van der Waals surface area contributed by atoms with Gasteiger partial charge in [0.25, 0.3) is 0 Å². The minimum absolute atomic E-state index is 0.0580. The number of ketones is 2. The van der Waals surface area contributed by atoms with Gasteiger partial charge in [0.15, 0.2) is 5.78 Å². The van der Waals surface area contributed by atoms with E-state index in [9.17, 15) is 9.59 Å². The normalized spacial score (nSPS) is 52.3. The molecule has 0 aromatic rings. The molecule has 4 aliphatic carbocycles. The van der Waals surface area contributed by atoms with Crippen LogP contribution in [0.15, 0.2) is 12.2 Å². The van der Waals surface area contributed by atoms with Gasteiger partial charge in [-0.25, -0.2) is 0 Å². The molecule has 0 saturated heterocycles. The third kappa shape index (κ3) is 1.65. The van der Waals surface area contributed by atoms with Crippen molar-refractivity contribution in [1.82, 2.24) is 0 Å². The van der Waals surface area contributed by atoms with Crippen molar-refractivity contribution in [3.8, 4) is 0 Å². The van der Waals surface area contributed by atoms with E-state index in [0.717, 1.165) is 18.8 Å². The molecule has 21 heavy (non-hydrogen) atoms. The summed E-state index contributed by atoms with van der Waals surface area (Å²) in [7, 11) is 0. The summed E-state index contributed by atoms with van der Waals surface area (Å²) in [6.45, 7) is 4.53. The Balaban J connectivity index is 1.71. The minimum atomic E-state index is -0.334. The zero-order valence-corrected chi connectivity index (χ0v) is 13.2. The van der Waals surface area contributed by atoms with Gasteiger partial charge in [-0.05, 0) is 67.6 Å². The van der Waals surface area contributed by atoms with E-state index >= 15 is 0 Å².